The maximum atomic E-state index is 12.4. The van der Waals surface area contributed by atoms with E-state index in [0.29, 0.717) is 11.4 Å². The summed E-state index contributed by atoms with van der Waals surface area (Å²) >= 11 is 1.40. The van der Waals surface area contributed by atoms with Crippen LogP contribution in [0.4, 0.5) is 8.78 Å². The Bertz CT molecular complexity index is 894. The van der Waals surface area contributed by atoms with E-state index in [0.717, 1.165) is 27.2 Å². The van der Waals surface area contributed by atoms with Gasteiger partial charge < -0.3 is 14.6 Å². The van der Waals surface area contributed by atoms with Crippen LogP contribution in [0.1, 0.15) is 75.1 Å². The van der Waals surface area contributed by atoms with E-state index in [1.165, 1.54) is 11.3 Å². The summed E-state index contributed by atoms with van der Waals surface area (Å²) in [5.74, 6) is 0.458. The van der Waals surface area contributed by atoms with E-state index in [2.05, 4.69) is 14.1 Å². The van der Waals surface area contributed by atoms with Crippen molar-refractivity contribution in [2.24, 2.45) is 9.50 Å². The maximum absolute atomic E-state index is 12.4. The predicted molar refractivity (Wildman–Crippen MR) is 127 cm³/mol. The van der Waals surface area contributed by atoms with Crippen molar-refractivity contribution in [3.05, 3.63) is 40.0 Å². The molecule has 0 bridgehead atoms. The molecule has 2 rings (SSSR count). The topological polar surface area (TPSA) is 97.8 Å². The molecule has 0 aliphatic carbocycles. The van der Waals surface area contributed by atoms with E-state index in [9.17, 15) is 18.7 Å². The molecule has 0 radical (unpaired) electrons. The van der Waals surface area contributed by atoms with Crippen molar-refractivity contribution in [1.29, 1.82) is 0 Å². The normalized spacial score (nSPS) is 12.8. The number of aromatic nitrogens is 1. The highest BCUT2D eigenvalue weighted by Crippen LogP contribution is 2.33. The Kier molecular flexibility index (Phi) is 11.0. The third kappa shape index (κ3) is 8.31. The standard InChI is InChI=1S/C15H20F2O2.C7H13N3OS2/c1-9(2)13-7-11(19-15(16)17)8-14(10(3)4)12(13)5-6-18;1-7(2,11)6-10-4-5(12-6)13(8)9-3/h6-10,15H,5H2,1-4H3;4,11H,1-3H3,(H2,8,9). The van der Waals surface area contributed by atoms with Gasteiger partial charge in [0, 0.05) is 24.3 Å². The van der Waals surface area contributed by atoms with Crippen LogP contribution < -0.4 is 9.88 Å². The number of alkyl halides is 2. The van der Waals surface area contributed by atoms with Gasteiger partial charge in [0.2, 0.25) is 0 Å². The van der Waals surface area contributed by atoms with Gasteiger partial charge >= 0.3 is 6.61 Å². The molecule has 2 aromatic rings. The second-order valence-corrected chi connectivity index (χ2v) is 10.9. The number of hydrogen-bond acceptors (Lipinski definition) is 6. The summed E-state index contributed by atoms with van der Waals surface area (Å²) in [4.78, 5) is 14.9. The monoisotopic (exact) mass is 489 g/mol. The number of thiazole rings is 1. The highest BCUT2D eigenvalue weighted by atomic mass is 32.2. The summed E-state index contributed by atoms with van der Waals surface area (Å²) in [5, 5.41) is 16.0. The fourth-order valence-electron chi connectivity index (χ4n) is 2.94. The minimum atomic E-state index is -2.84. The van der Waals surface area contributed by atoms with Crippen molar-refractivity contribution in [2.45, 2.75) is 76.2 Å². The third-order valence-corrected chi connectivity index (χ3v) is 7.24. The van der Waals surface area contributed by atoms with E-state index in [-0.39, 0.29) is 17.6 Å². The molecule has 0 aliphatic rings. The van der Waals surface area contributed by atoms with E-state index >= 15 is 0 Å². The average Bonchev–Trinajstić information content (AvgIpc) is 3.19. The largest absolute Gasteiger partial charge is 0.435 e. The van der Waals surface area contributed by atoms with Gasteiger partial charge in [-0.3, -0.25) is 5.14 Å². The average molecular weight is 490 g/mol. The molecule has 1 aromatic carbocycles. The molecule has 180 valence electrons. The molecule has 0 saturated carbocycles. The first-order valence-corrected chi connectivity index (χ1v) is 12.2. The molecule has 1 heterocycles. The van der Waals surface area contributed by atoms with Gasteiger partial charge in [0.05, 0.1) is 6.20 Å². The van der Waals surface area contributed by atoms with Crippen LogP contribution in [-0.2, 0) is 27.7 Å². The minimum Gasteiger partial charge on any atom is -0.435 e. The van der Waals surface area contributed by atoms with Gasteiger partial charge in [-0.1, -0.05) is 27.7 Å². The van der Waals surface area contributed by atoms with Crippen molar-refractivity contribution >= 4 is 28.5 Å². The molecule has 1 unspecified atom stereocenters. The Morgan fingerprint density at radius 1 is 1.25 bits per heavy atom. The molecule has 0 amide bonds. The zero-order valence-corrected chi connectivity index (χ0v) is 21.2. The lowest BCUT2D eigenvalue weighted by molar-refractivity contribution is -0.107. The predicted octanol–water partition coefficient (Wildman–Crippen LogP) is 5.31. The van der Waals surface area contributed by atoms with Crippen LogP contribution in [0.25, 0.3) is 0 Å². The number of carbonyl (C=O) groups is 1. The van der Waals surface area contributed by atoms with Gasteiger partial charge in [0.1, 0.15) is 26.9 Å². The first-order valence-electron chi connectivity index (χ1n) is 10.1. The molecule has 1 aromatic heterocycles. The van der Waals surface area contributed by atoms with Gasteiger partial charge in [-0.2, -0.15) is 8.78 Å². The van der Waals surface area contributed by atoms with Gasteiger partial charge in [-0.25, -0.2) is 9.35 Å². The fourth-order valence-corrected chi connectivity index (χ4v) is 4.73. The number of carbonyl (C=O) groups excluding carboxylic acids is 1. The van der Waals surface area contributed by atoms with E-state index < -0.39 is 23.1 Å². The first-order chi connectivity index (χ1) is 14.8. The third-order valence-electron chi connectivity index (χ3n) is 4.46. The van der Waals surface area contributed by atoms with Crippen LogP contribution in [-0.4, -0.2) is 30.0 Å². The van der Waals surface area contributed by atoms with Gasteiger partial charge in [-0.05, 0) is 54.5 Å². The highest BCUT2D eigenvalue weighted by molar-refractivity contribution is 7.87. The summed E-state index contributed by atoms with van der Waals surface area (Å²) in [5.41, 5.74) is 1.84. The Morgan fingerprint density at radius 2 is 1.78 bits per heavy atom. The molecular weight excluding hydrogens is 456 g/mol. The summed E-state index contributed by atoms with van der Waals surface area (Å²) in [7, 11) is 1.09. The first kappa shape index (κ1) is 28.3. The maximum Gasteiger partial charge on any atom is 0.387 e. The van der Waals surface area contributed by atoms with Gasteiger partial charge in [-0.15, -0.1) is 11.3 Å². The van der Waals surface area contributed by atoms with E-state index in [4.69, 9.17) is 5.14 Å². The molecule has 0 saturated heterocycles. The molecule has 3 N–H and O–H groups in total. The number of benzene rings is 1. The fraction of sp³-hybridized carbons (Fsp3) is 0.545. The molecule has 0 aliphatic heterocycles. The number of nitrogens with two attached hydrogens (primary N) is 1. The second kappa shape index (κ2) is 12.5. The van der Waals surface area contributed by atoms with Crippen LogP contribution in [0.5, 0.6) is 5.75 Å². The molecule has 0 fully saturated rings. The molecule has 0 spiro atoms. The molecule has 6 nitrogen and oxygen atoms in total. The van der Waals surface area contributed by atoms with Crippen LogP contribution in [0.2, 0.25) is 0 Å². The van der Waals surface area contributed by atoms with Gasteiger partial charge in [0.25, 0.3) is 0 Å². The number of nitrogens with zero attached hydrogens (tertiary/aromatic N) is 2. The van der Waals surface area contributed by atoms with E-state index in [1.54, 1.807) is 39.2 Å². The van der Waals surface area contributed by atoms with Crippen LogP contribution in [0, 0.1) is 0 Å². The van der Waals surface area contributed by atoms with Crippen molar-refractivity contribution in [3.8, 4) is 5.75 Å². The molecular formula is C22H33F2N3O3S2. The van der Waals surface area contributed by atoms with Crippen LogP contribution >= 0.6 is 11.3 Å². The summed E-state index contributed by atoms with van der Waals surface area (Å²) in [6, 6.07) is 3.23. The Labute approximate surface area is 195 Å². The zero-order chi connectivity index (χ0) is 24.6. The van der Waals surface area contributed by atoms with Crippen LogP contribution in [0.15, 0.2) is 26.9 Å². The highest BCUT2D eigenvalue weighted by Gasteiger charge is 2.20. The summed E-state index contributed by atoms with van der Waals surface area (Å²) in [6.45, 7) is 8.46. The quantitative estimate of drug-likeness (QED) is 0.490. The SMILES string of the molecule is CC(C)c1cc(OC(F)F)cc(C(C)C)c1CC=O.CN=S(N)c1cnc(C(C)(C)O)s1. The Hall–Kier alpha value is -1.75. The van der Waals surface area contributed by atoms with Gasteiger partial charge in [0.15, 0.2) is 0 Å². The lowest BCUT2D eigenvalue weighted by Gasteiger charge is -2.20. The zero-order valence-electron chi connectivity index (χ0n) is 19.6. The lowest BCUT2D eigenvalue weighted by Crippen LogP contribution is -2.14. The van der Waals surface area contributed by atoms with Crippen molar-refractivity contribution in [3.63, 3.8) is 0 Å². The number of rotatable bonds is 8. The number of halogens is 2. The van der Waals surface area contributed by atoms with Crippen molar-refractivity contribution in [1.82, 2.24) is 4.98 Å². The number of ether oxygens (including phenoxy) is 1. The van der Waals surface area contributed by atoms with Crippen molar-refractivity contribution in [2.75, 3.05) is 7.05 Å². The lowest BCUT2D eigenvalue weighted by atomic mass is 9.87. The number of aliphatic hydroxyl groups is 1. The molecule has 1 atom stereocenters. The van der Waals surface area contributed by atoms with E-state index in [1.807, 2.05) is 27.7 Å². The smallest absolute Gasteiger partial charge is 0.387 e. The molecule has 10 heteroatoms. The van der Waals surface area contributed by atoms with Crippen LogP contribution in [0.3, 0.4) is 0 Å². The Morgan fingerprint density at radius 3 is 2.12 bits per heavy atom. The summed E-state index contributed by atoms with van der Waals surface area (Å²) in [6.07, 6.45) is 2.82. The Balaban J connectivity index is 0.000000343. The van der Waals surface area contributed by atoms with Crippen molar-refractivity contribution < 1.29 is 23.4 Å². The number of hydrogen-bond donors (Lipinski definition) is 2. The second-order valence-electron chi connectivity index (χ2n) is 8.18. The molecule has 32 heavy (non-hydrogen) atoms. The summed E-state index contributed by atoms with van der Waals surface area (Å²) < 4.78 is 34.1. The number of aldehydes is 1. The minimum absolute atomic E-state index is 0.147.